The fourth-order valence-electron chi connectivity index (χ4n) is 2.58. The number of anilines is 1. The maximum Gasteiger partial charge on any atom is 0.293 e. The molecule has 1 aromatic rings. The van der Waals surface area contributed by atoms with E-state index < -0.39 is 4.92 Å². The molecule has 21 heavy (non-hydrogen) atoms. The van der Waals surface area contributed by atoms with Crippen LogP contribution < -0.4 is 5.32 Å². The van der Waals surface area contributed by atoms with Crippen LogP contribution in [0.25, 0.3) is 0 Å². The van der Waals surface area contributed by atoms with Crippen molar-refractivity contribution < 1.29 is 4.92 Å². The van der Waals surface area contributed by atoms with Gasteiger partial charge in [-0.3, -0.25) is 10.1 Å². The predicted octanol–water partition coefficient (Wildman–Crippen LogP) is 4.05. The van der Waals surface area contributed by atoms with Crippen molar-refractivity contribution in [2.24, 2.45) is 5.92 Å². The summed E-state index contributed by atoms with van der Waals surface area (Å²) in [6.45, 7) is 6.10. The second-order valence-corrected chi connectivity index (χ2v) is 6.35. The van der Waals surface area contributed by atoms with E-state index in [0.717, 1.165) is 19.6 Å². The van der Waals surface area contributed by atoms with Gasteiger partial charge in [0.2, 0.25) is 0 Å². The predicted molar refractivity (Wildman–Crippen MR) is 86.4 cm³/mol. The first-order chi connectivity index (χ1) is 9.97. The number of nitrogens with one attached hydrogen (secondary N) is 1. The molecule has 7 heteroatoms. The van der Waals surface area contributed by atoms with Crippen LogP contribution in [0, 0.1) is 16.0 Å². The molecule has 1 saturated heterocycles. The average Bonchev–Trinajstić information content (AvgIpc) is 2.92. The molecule has 1 aliphatic heterocycles. The molecule has 1 aromatic carbocycles. The van der Waals surface area contributed by atoms with Crippen LogP contribution >= 0.6 is 23.2 Å². The Morgan fingerprint density at radius 3 is 2.57 bits per heavy atom. The SMILES string of the molecule is CC(CNc1cc(Cl)c(Cl)cc1[N+](=O)[O-])CN1CCCC1. The van der Waals surface area contributed by atoms with E-state index in [4.69, 9.17) is 23.2 Å². The summed E-state index contributed by atoms with van der Waals surface area (Å²) >= 11 is 11.8. The minimum atomic E-state index is -0.449. The van der Waals surface area contributed by atoms with Crippen LogP contribution in [-0.4, -0.2) is 36.0 Å². The second-order valence-electron chi connectivity index (χ2n) is 5.53. The lowest BCUT2D eigenvalue weighted by atomic mass is 10.1. The molecule has 0 aliphatic carbocycles. The van der Waals surface area contributed by atoms with Crippen molar-refractivity contribution in [3.63, 3.8) is 0 Å². The first-order valence-electron chi connectivity index (χ1n) is 7.07. The molecule has 1 unspecified atom stereocenters. The van der Waals surface area contributed by atoms with Crippen LogP contribution in [-0.2, 0) is 0 Å². The third-order valence-electron chi connectivity index (χ3n) is 3.64. The van der Waals surface area contributed by atoms with Gasteiger partial charge in [-0.15, -0.1) is 0 Å². The van der Waals surface area contributed by atoms with E-state index in [2.05, 4.69) is 17.1 Å². The number of hydrogen-bond acceptors (Lipinski definition) is 4. The molecule has 0 saturated carbocycles. The normalized spacial score (nSPS) is 16.9. The van der Waals surface area contributed by atoms with E-state index in [-0.39, 0.29) is 10.7 Å². The molecule has 1 N–H and O–H groups in total. The van der Waals surface area contributed by atoms with Gasteiger partial charge >= 0.3 is 0 Å². The Morgan fingerprint density at radius 2 is 1.95 bits per heavy atom. The molecule has 0 radical (unpaired) electrons. The molecule has 0 bridgehead atoms. The molecule has 0 amide bonds. The minimum Gasteiger partial charge on any atom is -0.379 e. The topological polar surface area (TPSA) is 58.4 Å². The molecular weight excluding hydrogens is 313 g/mol. The lowest BCUT2D eigenvalue weighted by molar-refractivity contribution is -0.383. The van der Waals surface area contributed by atoms with Gasteiger partial charge in [-0.2, -0.15) is 0 Å². The van der Waals surface area contributed by atoms with Gasteiger partial charge in [-0.25, -0.2) is 0 Å². The number of hydrogen-bond donors (Lipinski definition) is 1. The zero-order chi connectivity index (χ0) is 15.4. The summed E-state index contributed by atoms with van der Waals surface area (Å²) in [6, 6.07) is 2.81. The number of nitro groups is 1. The largest absolute Gasteiger partial charge is 0.379 e. The molecule has 5 nitrogen and oxygen atoms in total. The fourth-order valence-corrected chi connectivity index (χ4v) is 2.91. The first-order valence-corrected chi connectivity index (χ1v) is 7.82. The lowest BCUT2D eigenvalue weighted by Gasteiger charge is -2.21. The van der Waals surface area contributed by atoms with Crippen molar-refractivity contribution in [2.75, 3.05) is 31.5 Å². The van der Waals surface area contributed by atoms with Gasteiger partial charge in [0.05, 0.1) is 15.0 Å². The van der Waals surface area contributed by atoms with E-state index in [1.54, 1.807) is 0 Å². The minimum absolute atomic E-state index is 0.0437. The zero-order valence-corrected chi connectivity index (χ0v) is 13.5. The van der Waals surface area contributed by atoms with E-state index in [1.807, 2.05) is 0 Å². The highest BCUT2D eigenvalue weighted by Gasteiger charge is 2.19. The van der Waals surface area contributed by atoms with Gasteiger partial charge in [0, 0.05) is 19.2 Å². The molecule has 0 spiro atoms. The molecule has 2 rings (SSSR count). The Kier molecular flexibility index (Phi) is 5.67. The molecule has 1 heterocycles. The molecule has 1 aliphatic rings. The van der Waals surface area contributed by atoms with E-state index in [9.17, 15) is 10.1 Å². The third-order valence-corrected chi connectivity index (χ3v) is 4.37. The van der Waals surface area contributed by atoms with Gasteiger partial charge in [0.15, 0.2) is 0 Å². The van der Waals surface area contributed by atoms with Crippen molar-refractivity contribution in [2.45, 2.75) is 19.8 Å². The van der Waals surface area contributed by atoms with Crippen LogP contribution in [0.3, 0.4) is 0 Å². The van der Waals surface area contributed by atoms with Crippen LogP contribution in [0.4, 0.5) is 11.4 Å². The van der Waals surface area contributed by atoms with Crippen LogP contribution in [0.1, 0.15) is 19.8 Å². The zero-order valence-electron chi connectivity index (χ0n) is 11.9. The number of nitro benzene ring substituents is 1. The number of likely N-dealkylation sites (tertiary alicyclic amines) is 1. The maximum atomic E-state index is 11.1. The Labute approximate surface area is 134 Å². The summed E-state index contributed by atoms with van der Waals surface area (Å²) in [6.07, 6.45) is 2.52. The summed E-state index contributed by atoms with van der Waals surface area (Å²) < 4.78 is 0. The van der Waals surface area contributed by atoms with Crippen molar-refractivity contribution in [1.82, 2.24) is 4.90 Å². The summed E-state index contributed by atoms with van der Waals surface area (Å²) in [5.41, 5.74) is 0.375. The maximum absolute atomic E-state index is 11.1. The van der Waals surface area contributed by atoms with Crippen molar-refractivity contribution in [3.8, 4) is 0 Å². The Hall–Kier alpha value is -1.04. The van der Waals surface area contributed by atoms with Gasteiger partial charge in [-0.05, 0) is 37.9 Å². The number of benzene rings is 1. The smallest absolute Gasteiger partial charge is 0.293 e. The lowest BCUT2D eigenvalue weighted by Crippen LogP contribution is -2.28. The van der Waals surface area contributed by atoms with E-state index in [1.165, 1.54) is 25.0 Å². The molecule has 0 aromatic heterocycles. The summed E-state index contributed by atoms with van der Waals surface area (Å²) in [5, 5.41) is 14.7. The number of rotatable bonds is 6. The highest BCUT2D eigenvalue weighted by Crippen LogP contribution is 2.34. The van der Waals surface area contributed by atoms with Crippen molar-refractivity contribution in [3.05, 3.63) is 32.3 Å². The molecule has 116 valence electrons. The van der Waals surface area contributed by atoms with E-state index in [0.29, 0.717) is 23.2 Å². The van der Waals surface area contributed by atoms with Crippen LogP contribution in [0.5, 0.6) is 0 Å². The van der Waals surface area contributed by atoms with Gasteiger partial charge in [-0.1, -0.05) is 30.1 Å². The van der Waals surface area contributed by atoms with Crippen LogP contribution in [0.15, 0.2) is 12.1 Å². The molecule has 1 atom stereocenters. The summed E-state index contributed by atoms with van der Waals surface area (Å²) in [7, 11) is 0. The number of nitrogens with zero attached hydrogens (tertiary/aromatic N) is 2. The van der Waals surface area contributed by atoms with Gasteiger partial charge < -0.3 is 10.2 Å². The van der Waals surface area contributed by atoms with E-state index >= 15 is 0 Å². The summed E-state index contributed by atoms with van der Waals surface area (Å²) in [5.74, 6) is 0.400. The Morgan fingerprint density at radius 1 is 1.33 bits per heavy atom. The third kappa shape index (κ3) is 4.46. The quantitative estimate of drug-likeness (QED) is 0.631. The highest BCUT2D eigenvalue weighted by atomic mass is 35.5. The van der Waals surface area contributed by atoms with Gasteiger partial charge in [0.25, 0.3) is 5.69 Å². The molecular formula is C14H19Cl2N3O2. The van der Waals surface area contributed by atoms with Crippen molar-refractivity contribution >= 4 is 34.6 Å². The average molecular weight is 332 g/mol. The van der Waals surface area contributed by atoms with Crippen molar-refractivity contribution in [1.29, 1.82) is 0 Å². The second kappa shape index (κ2) is 7.29. The van der Waals surface area contributed by atoms with Crippen LogP contribution in [0.2, 0.25) is 10.0 Å². The highest BCUT2D eigenvalue weighted by molar-refractivity contribution is 6.42. The monoisotopic (exact) mass is 331 g/mol. The summed E-state index contributed by atoms with van der Waals surface area (Å²) in [4.78, 5) is 13.0. The van der Waals surface area contributed by atoms with Gasteiger partial charge in [0.1, 0.15) is 5.69 Å². The first kappa shape index (κ1) is 16.3. The Balaban J connectivity index is 1.98. The standard InChI is InChI=1S/C14H19Cl2N3O2/c1-10(9-18-4-2-3-5-18)8-17-13-6-11(15)12(16)7-14(13)19(20)21/h6-7,10,17H,2-5,8-9H2,1H3. The molecule has 1 fully saturated rings. The fraction of sp³-hybridized carbons (Fsp3) is 0.571. The number of halogens is 2. The Bertz CT molecular complexity index is 519.